The maximum absolute atomic E-state index is 11.3. The minimum Gasteiger partial charge on any atom is -0.362 e. The minimum atomic E-state index is -0.00230. The molecule has 0 saturated carbocycles. The molecule has 90 valence electrons. The molecule has 1 aromatic rings. The maximum Gasteiger partial charge on any atom is 0.159 e. The molecule has 0 saturated heterocycles. The lowest BCUT2D eigenvalue weighted by molar-refractivity contribution is -0.113. The number of Topliss-reactive ketones (excluding diaryl/α,β-unsaturated/α-hetero) is 1. The smallest absolute Gasteiger partial charge is 0.159 e. The number of rotatable bonds is 3. The van der Waals surface area contributed by atoms with E-state index in [1.165, 1.54) is 10.6 Å². The Kier molecular flexibility index (Phi) is 3.48. The van der Waals surface area contributed by atoms with Crippen LogP contribution >= 0.6 is 10.5 Å². The summed E-state index contributed by atoms with van der Waals surface area (Å²) in [6, 6.07) is 8.42. The van der Waals surface area contributed by atoms with Gasteiger partial charge in [0, 0.05) is 17.0 Å². The topological polar surface area (TPSA) is 20.3 Å². The molecule has 1 heterocycles. The van der Waals surface area contributed by atoms with Crippen LogP contribution in [0, 0.1) is 0 Å². The third-order valence-electron chi connectivity index (χ3n) is 2.90. The van der Waals surface area contributed by atoms with E-state index in [1.807, 2.05) is 5.37 Å². The number of allylic oxidation sites excluding steroid dienone is 1. The molecule has 0 fully saturated rings. The van der Waals surface area contributed by atoms with E-state index < -0.39 is 0 Å². The lowest BCUT2D eigenvalue weighted by atomic mass is 10.2. The van der Waals surface area contributed by atoms with Gasteiger partial charge < -0.3 is 4.90 Å². The maximum atomic E-state index is 11.3. The summed E-state index contributed by atoms with van der Waals surface area (Å²) >= 11 is 0. The van der Waals surface area contributed by atoms with E-state index in [0.29, 0.717) is 5.57 Å². The second kappa shape index (κ2) is 4.88. The zero-order valence-corrected chi connectivity index (χ0v) is 11.1. The Morgan fingerprint density at radius 2 is 2.24 bits per heavy atom. The summed E-state index contributed by atoms with van der Waals surface area (Å²) in [7, 11) is -0.00230. The standard InChI is InChI=1S/C14H17NOS/c1-4-15-10-17(9-11(2)12(3)16)14-8-6-5-7-13(14)15/h5-9H,2,4,10H2,1,3H3. The second-order valence-electron chi connectivity index (χ2n) is 4.08. The second-order valence-corrected chi connectivity index (χ2v) is 5.87. The number of hydrogen-bond donors (Lipinski definition) is 0. The molecule has 0 amide bonds. The molecule has 0 aliphatic carbocycles. The molecular weight excluding hydrogens is 230 g/mol. The molecule has 3 heteroatoms. The Labute approximate surface area is 105 Å². The van der Waals surface area contributed by atoms with E-state index in [1.54, 1.807) is 6.92 Å². The summed E-state index contributed by atoms with van der Waals surface area (Å²) in [5.41, 5.74) is 1.92. The van der Waals surface area contributed by atoms with Crippen molar-refractivity contribution in [2.75, 3.05) is 17.3 Å². The highest BCUT2D eigenvalue weighted by Gasteiger charge is 2.20. The number of hydrogen-bond acceptors (Lipinski definition) is 2. The molecule has 1 aliphatic heterocycles. The van der Waals surface area contributed by atoms with E-state index in [4.69, 9.17) is 0 Å². The summed E-state index contributed by atoms with van der Waals surface area (Å²) in [5.74, 6) is 1.03. The van der Waals surface area contributed by atoms with Crippen molar-refractivity contribution in [1.29, 1.82) is 0 Å². The largest absolute Gasteiger partial charge is 0.362 e. The quantitative estimate of drug-likeness (QED) is 0.604. The average molecular weight is 247 g/mol. The van der Waals surface area contributed by atoms with Crippen LogP contribution in [0.3, 0.4) is 0 Å². The monoisotopic (exact) mass is 247 g/mol. The minimum absolute atomic E-state index is 0.00230. The highest BCUT2D eigenvalue weighted by molar-refractivity contribution is 8.15. The highest BCUT2D eigenvalue weighted by Crippen LogP contribution is 2.43. The molecule has 1 unspecified atom stereocenters. The average Bonchev–Trinajstić information content (AvgIpc) is 2.68. The predicted octanol–water partition coefficient (Wildman–Crippen LogP) is 3.06. The Hall–Kier alpha value is -1.35. The van der Waals surface area contributed by atoms with Crippen molar-refractivity contribution in [3.8, 4) is 0 Å². The molecule has 0 N–H and O–H groups in total. The molecule has 0 radical (unpaired) electrons. The van der Waals surface area contributed by atoms with Crippen LogP contribution in [0.15, 0.2) is 41.3 Å². The van der Waals surface area contributed by atoms with E-state index >= 15 is 0 Å². The Morgan fingerprint density at radius 3 is 2.88 bits per heavy atom. The van der Waals surface area contributed by atoms with Gasteiger partial charge in [0.25, 0.3) is 0 Å². The van der Waals surface area contributed by atoms with Gasteiger partial charge in [0.2, 0.25) is 0 Å². The first-order chi connectivity index (χ1) is 8.13. The summed E-state index contributed by atoms with van der Waals surface area (Å²) in [6.07, 6.45) is 0. The predicted molar refractivity (Wildman–Crippen MR) is 76.1 cm³/mol. The van der Waals surface area contributed by atoms with Crippen molar-refractivity contribution in [2.45, 2.75) is 18.7 Å². The zero-order valence-electron chi connectivity index (χ0n) is 10.3. The Balaban J connectivity index is 2.41. The highest BCUT2D eigenvalue weighted by atomic mass is 32.2. The lowest BCUT2D eigenvalue weighted by Crippen LogP contribution is -2.18. The first-order valence-electron chi connectivity index (χ1n) is 5.72. The van der Waals surface area contributed by atoms with E-state index in [2.05, 4.69) is 42.7 Å². The summed E-state index contributed by atoms with van der Waals surface area (Å²) in [5, 5.41) is 2.02. The normalized spacial score (nSPS) is 18.2. The van der Waals surface area contributed by atoms with E-state index in [9.17, 15) is 4.79 Å². The van der Waals surface area contributed by atoms with Crippen LogP contribution in [-0.2, 0) is 4.79 Å². The van der Waals surface area contributed by atoms with Crippen LogP contribution in [0.4, 0.5) is 5.69 Å². The Bertz CT molecular complexity index is 505. The fourth-order valence-electron chi connectivity index (χ4n) is 1.86. The van der Waals surface area contributed by atoms with Gasteiger partial charge >= 0.3 is 0 Å². The Morgan fingerprint density at radius 1 is 1.53 bits per heavy atom. The van der Waals surface area contributed by atoms with Gasteiger partial charge in [-0.15, -0.1) is 10.5 Å². The van der Waals surface area contributed by atoms with Crippen molar-refractivity contribution in [1.82, 2.24) is 0 Å². The number of nitrogens with zero attached hydrogens (tertiary/aromatic N) is 1. The van der Waals surface area contributed by atoms with Crippen molar-refractivity contribution >= 4 is 27.3 Å². The third-order valence-corrected chi connectivity index (χ3v) is 4.97. The fourth-order valence-corrected chi connectivity index (χ4v) is 4.09. The van der Waals surface area contributed by atoms with E-state index in [-0.39, 0.29) is 16.3 Å². The van der Waals surface area contributed by atoms with Gasteiger partial charge in [0.15, 0.2) is 5.78 Å². The van der Waals surface area contributed by atoms with Crippen LogP contribution in [0.1, 0.15) is 13.8 Å². The molecule has 0 spiro atoms. The van der Waals surface area contributed by atoms with E-state index in [0.717, 1.165) is 12.4 Å². The van der Waals surface area contributed by atoms with Gasteiger partial charge in [-0.05, 0) is 31.3 Å². The molecule has 1 aromatic carbocycles. The number of benzene rings is 1. The summed E-state index contributed by atoms with van der Waals surface area (Å²) in [4.78, 5) is 14.9. The van der Waals surface area contributed by atoms with Gasteiger partial charge in [-0.1, -0.05) is 18.7 Å². The van der Waals surface area contributed by atoms with Gasteiger partial charge in [-0.2, -0.15) is 0 Å². The third kappa shape index (κ3) is 2.34. The summed E-state index contributed by atoms with van der Waals surface area (Å²) < 4.78 is 0. The van der Waals surface area contributed by atoms with Crippen LogP contribution in [0.2, 0.25) is 0 Å². The van der Waals surface area contributed by atoms with Crippen molar-refractivity contribution < 1.29 is 4.79 Å². The first-order valence-corrected chi connectivity index (χ1v) is 7.17. The number of carbonyl (C=O) groups is 1. The molecule has 1 atom stereocenters. The molecule has 17 heavy (non-hydrogen) atoms. The zero-order chi connectivity index (χ0) is 12.4. The summed E-state index contributed by atoms with van der Waals surface area (Å²) in [6.45, 7) is 8.55. The SMILES string of the molecule is C=C(C=S1CN(CC)c2ccccc21)C(C)=O. The molecule has 0 bridgehead atoms. The number of carbonyl (C=O) groups excluding carboxylic acids is 1. The number of fused-ring (bicyclic) bond motifs is 1. The number of ketones is 1. The number of anilines is 1. The van der Waals surface area contributed by atoms with Crippen LogP contribution in [0.5, 0.6) is 0 Å². The molecule has 0 aromatic heterocycles. The van der Waals surface area contributed by atoms with Crippen LogP contribution in [-0.4, -0.2) is 23.6 Å². The molecule has 1 aliphatic rings. The van der Waals surface area contributed by atoms with Gasteiger partial charge in [0.05, 0.1) is 11.6 Å². The molecule has 2 rings (SSSR count). The van der Waals surface area contributed by atoms with Crippen LogP contribution < -0.4 is 4.90 Å². The first kappa shape index (κ1) is 12.1. The fraction of sp³-hybridized carbons (Fsp3) is 0.286. The molecule has 2 nitrogen and oxygen atoms in total. The number of para-hydroxylation sites is 1. The van der Waals surface area contributed by atoms with Crippen molar-refractivity contribution in [2.24, 2.45) is 0 Å². The molecular formula is C14H17NOS. The van der Waals surface area contributed by atoms with Crippen molar-refractivity contribution in [3.63, 3.8) is 0 Å². The van der Waals surface area contributed by atoms with Gasteiger partial charge in [0.1, 0.15) is 0 Å². The van der Waals surface area contributed by atoms with Crippen LogP contribution in [0.25, 0.3) is 0 Å². The van der Waals surface area contributed by atoms with Crippen molar-refractivity contribution in [3.05, 3.63) is 36.4 Å². The lowest BCUT2D eigenvalue weighted by Gasteiger charge is -2.15. The van der Waals surface area contributed by atoms with Gasteiger partial charge in [-0.25, -0.2) is 0 Å². The van der Waals surface area contributed by atoms with Gasteiger partial charge in [-0.3, -0.25) is 4.79 Å².